The minimum Gasteiger partial charge on any atom is -0.381 e. The number of hydrogen-bond donors (Lipinski definition) is 1. The van der Waals surface area contributed by atoms with Gasteiger partial charge in [0.2, 0.25) is 5.91 Å². The molecule has 2 aromatic rings. The van der Waals surface area contributed by atoms with E-state index in [1.807, 2.05) is 35.2 Å². The fourth-order valence-electron chi connectivity index (χ4n) is 3.73. The minimum absolute atomic E-state index is 0. The first-order valence-electron chi connectivity index (χ1n) is 8.78. The monoisotopic (exact) mass is 413 g/mol. The average Bonchev–Trinajstić information content (AvgIpc) is 3.12. The molecule has 0 bridgehead atoms. The van der Waals surface area contributed by atoms with Crippen molar-refractivity contribution in [2.75, 3.05) is 26.3 Å². The standard InChI is InChI=1S/C18H23N5O2.2ClH/c19-13-18(6-10-25-11-7-18)17(24)22-8-9-23-15(12-22)20-21-16(23)14-4-2-1-3-5-14;;/h1-5H,6-13,19H2;2*1H. The van der Waals surface area contributed by atoms with Crippen molar-refractivity contribution >= 4 is 30.7 Å². The number of carbonyl (C=O) groups excluding carboxylic acids is 1. The Hall–Kier alpha value is -1.67. The van der Waals surface area contributed by atoms with Gasteiger partial charge >= 0.3 is 0 Å². The highest BCUT2D eigenvalue weighted by Crippen LogP contribution is 2.33. The summed E-state index contributed by atoms with van der Waals surface area (Å²) in [5.74, 6) is 1.83. The molecule has 9 heteroatoms. The molecule has 0 atom stereocenters. The van der Waals surface area contributed by atoms with Crippen molar-refractivity contribution < 1.29 is 9.53 Å². The molecule has 1 amide bonds. The SMILES string of the molecule is Cl.Cl.NCC1(C(=O)N2CCn3c(nnc3-c3ccccc3)C2)CCOCC1. The molecular formula is C18H25Cl2N5O2. The van der Waals surface area contributed by atoms with Gasteiger partial charge in [-0.25, -0.2) is 0 Å². The highest BCUT2D eigenvalue weighted by Gasteiger charge is 2.42. The number of carbonyl (C=O) groups is 1. The summed E-state index contributed by atoms with van der Waals surface area (Å²) < 4.78 is 7.53. The number of benzene rings is 1. The van der Waals surface area contributed by atoms with Crippen LogP contribution in [-0.2, 0) is 22.6 Å². The molecule has 0 spiro atoms. The van der Waals surface area contributed by atoms with Crippen molar-refractivity contribution in [3.05, 3.63) is 36.2 Å². The number of nitrogens with two attached hydrogens (primary N) is 1. The van der Waals surface area contributed by atoms with E-state index < -0.39 is 5.41 Å². The summed E-state index contributed by atoms with van der Waals surface area (Å²) in [7, 11) is 0. The molecular weight excluding hydrogens is 389 g/mol. The summed E-state index contributed by atoms with van der Waals surface area (Å²) in [6, 6.07) is 10.0. The number of fused-ring (bicyclic) bond motifs is 1. The minimum atomic E-state index is -0.483. The van der Waals surface area contributed by atoms with E-state index in [0.29, 0.717) is 52.2 Å². The van der Waals surface area contributed by atoms with Crippen LogP contribution < -0.4 is 5.73 Å². The molecule has 2 aliphatic heterocycles. The number of halogens is 2. The van der Waals surface area contributed by atoms with Crippen LogP contribution in [0.15, 0.2) is 30.3 Å². The van der Waals surface area contributed by atoms with E-state index in [2.05, 4.69) is 14.8 Å². The van der Waals surface area contributed by atoms with Gasteiger partial charge in [0.15, 0.2) is 11.6 Å². The van der Waals surface area contributed by atoms with Gasteiger partial charge in [-0.3, -0.25) is 4.79 Å². The molecule has 1 saturated heterocycles. The van der Waals surface area contributed by atoms with Crippen LogP contribution in [0.25, 0.3) is 11.4 Å². The maximum Gasteiger partial charge on any atom is 0.230 e. The molecule has 1 fully saturated rings. The highest BCUT2D eigenvalue weighted by atomic mass is 35.5. The van der Waals surface area contributed by atoms with Gasteiger partial charge in [0.05, 0.1) is 12.0 Å². The molecule has 1 aromatic carbocycles. The first-order chi connectivity index (χ1) is 12.2. The van der Waals surface area contributed by atoms with Gasteiger partial charge in [-0.05, 0) is 12.8 Å². The number of nitrogens with zero attached hydrogens (tertiary/aromatic N) is 4. The number of hydrogen-bond acceptors (Lipinski definition) is 5. The number of amides is 1. The summed E-state index contributed by atoms with van der Waals surface area (Å²) in [4.78, 5) is 15.0. The van der Waals surface area contributed by atoms with Gasteiger partial charge in [0.1, 0.15) is 0 Å². The van der Waals surface area contributed by atoms with Crippen LogP contribution in [0.4, 0.5) is 0 Å². The fraction of sp³-hybridized carbons (Fsp3) is 0.500. The second-order valence-electron chi connectivity index (χ2n) is 6.78. The van der Waals surface area contributed by atoms with E-state index in [9.17, 15) is 4.79 Å². The third-order valence-corrected chi connectivity index (χ3v) is 5.37. The van der Waals surface area contributed by atoms with Gasteiger partial charge in [-0.1, -0.05) is 30.3 Å². The van der Waals surface area contributed by atoms with Crippen LogP contribution in [-0.4, -0.2) is 51.9 Å². The van der Waals surface area contributed by atoms with Crippen LogP contribution in [0.2, 0.25) is 0 Å². The molecule has 0 aliphatic carbocycles. The van der Waals surface area contributed by atoms with E-state index in [1.165, 1.54) is 0 Å². The largest absolute Gasteiger partial charge is 0.381 e. The van der Waals surface area contributed by atoms with E-state index in [1.54, 1.807) is 0 Å². The van der Waals surface area contributed by atoms with Crippen LogP contribution in [0.5, 0.6) is 0 Å². The zero-order valence-electron chi connectivity index (χ0n) is 15.0. The Bertz CT molecular complexity index is 762. The topological polar surface area (TPSA) is 86.3 Å². The van der Waals surface area contributed by atoms with Crippen molar-refractivity contribution in [3.63, 3.8) is 0 Å². The molecule has 0 saturated carbocycles. The van der Waals surface area contributed by atoms with Crippen molar-refractivity contribution in [3.8, 4) is 11.4 Å². The fourth-order valence-corrected chi connectivity index (χ4v) is 3.73. The predicted molar refractivity (Wildman–Crippen MR) is 107 cm³/mol. The average molecular weight is 414 g/mol. The smallest absolute Gasteiger partial charge is 0.230 e. The normalized spacial score (nSPS) is 18.0. The quantitative estimate of drug-likeness (QED) is 0.829. The Morgan fingerprint density at radius 1 is 1.11 bits per heavy atom. The molecule has 0 radical (unpaired) electrons. The first-order valence-corrected chi connectivity index (χ1v) is 8.78. The Labute approximate surface area is 171 Å². The maximum absolute atomic E-state index is 13.1. The Kier molecular flexibility index (Phi) is 7.22. The third-order valence-electron chi connectivity index (χ3n) is 5.37. The molecule has 2 aliphatic rings. The molecule has 2 N–H and O–H groups in total. The van der Waals surface area contributed by atoms with Crippen LogP contribution >= 0.6 is 24.8 Å². The molecule has 0 unspecified atom stereocenters. The molecule has 3 heterocycles. The predicted octanol–water partition coefficient (Wildman–Crippen LogP) is 1.89. The Morgan fingerprint density at radius 3 is 2.48 bits per heavy atom. The second-order valence-corrected chi connectivity index (χ2v) is 6.78. The molecule has 7 nitrogen and oxygen atoms in total. The molecule has 1 aromatic heterocycles. The van der Waals surface area contributed by atoms with Gasteiger partial charge in [-0.15, -0.1) is 35.0 Å². The Morgan fingerprint density at radius 2 is 1.81 bits per heavy atom. The number of ether oxygens (including phenoxy) is 1. The zero-order chi connectivity index (χ0) is 17.3. The Balaban J connectivity index is 0.00000131. The highest BCUT2D eigenvalue weighted by molar-refractivity contribution is 5.85. The number of aromatic nitrogens is 3. The van der Waals surface area contributed by atoms with Crippen LogP contribution in [0.3, 0.4) is 0 Å². The lowest BCUT2D eigenvalue weighted by Crippen LogP contribution is -2.52. The van der Waals surface area contributed by atoms with Crippen molar-refractivity contribution in [1.29, 1.82) is 0 Å². The van der Waals surface area contributed by atoms with Crippen molar-refractivity contribution in [2.45, 2.75) is 25.9 Å². The lowest BCUT2D eigenvalue weighted by molar-refractivity contribution is -0.148. The van der Waals surface area contributed by atoms with Crippen LogP contribution in [0, 0.1) is 5.41 Å². The number of rotatable bonds is 3. The first kappa shape index (κ1) is 21.6. The van der Waals surface area contributed by atoms with Crippen LogP contribution in [0.1, 0.15) is 18.7 Å². The third kappa shape index (κ3) is 3.96. The van der Waals surface area contributed by atoms with E-state index in [4.69, 9.17) is 10.5 Å². The lowest BCUT2D eigenvalue weighted by atomic mass is 9.78. The van der Waals surface area contributed by atoms with Gasteiger partial charge in [0, 0.05) is 38.4 Å². The maximum atomic E-state index is 13.1. The van der Waals surface area contributed by atoms with Gasteiger partial charge in [0.25, 0.3) is 0 Å². The van der Waals surface area contributed by atoms with E-state index in [0.717, 1.165) is 17.2 Å². The molecule has 27 heavy (non-hydrogen) atoms. The zero-order valence-corrected chi connectivity index (χ0v) is 16.7. The van der Waals surface area contributed by atoms with Crippen molar-refractivity contribution in [1.82, 2.24) is 19.7 Å². The summed E-state index contributed by atoms with van der Waals surface area (Å²) >= 11 is 0. The van der Waals surface area contributed by atoms with Gasteiger partial charge < -0.3 is 19.9 Å². The van der Waals surface area contributed by atoms with E-state index in [-0.39, 0.29) is 30.7 Å². The second kappa shape index (κ2) is 9.01. The molecule has 148 valence electrons. The lowest BCUT2D eigenvalue weighted by Gasteiger charge is -2.40. The summed E-state index contributed by atoms with van der Waals surface area (Å²) in [6.45, 7) is 3.42. The summed E-state index contributed by atoms with van der Waals surface area (Å²) in [5, 5.41) is 8.66. The van der Waals surface area contributed by atoms with Gasteiger partial charge in [-0.2, -0.15) is 0 Å². The van der Waals surface area contributed by atoms with E-state index >= 15 is 0 Å². The summed E-state index contributed by atoms with van der Waals surface area (Å²) in [6.07, 6.45) is 1.39. The van der Waals surface area contributed by atoms with Crippen molar-refractivity contribution in [2.24, 2.45) is 11.1 Å². The summed E-state index contributed by atoms with van der Waals surface area (Å²) in [5.41, 5.74) is 6.55. The molecule has 4 rings (SSSR count).